The number of hydrogen-bond donors (Lipinski definition) is 1. The minimum absolute atomic E-state index is 0.273. The number of H-pyrrole nitrogens is 1. The summed E-state index contributed by atoms with van der Waals surface area (Å²) in [4.78, 5) is 31.5. The Labute approximate surface area is 181 Å². The van der Waals surface area contributed by atoms with E-state index in [1.54, 1.807) is 25.3 Å². The number of aromatic amines is 1. The summed E-state index contributed by atoms with van der Waals surface area (Å²) in [7, 11) is 4.78. The number of carbonyl (C=O) groups excluding carboxylic acids is 1. The van der Waals surface area contributed by atoms with E-state index in [4.69, 9.17) is 9.47 Å². The fraction of sp³-hybridized carbons (Fsp3) is 0.190. The second-order valence-corrected chi connectivity index (χ2v) is 7.53. The molecule has 2 aromatic heterocycles. The molecule has 0 aliphatic rings. The van der Waals surface area contributed by atoms with Crippen molar-refractivity contribution in [3.63, 3.8) is 0 Å². The van der Waals surface area contributed by atoms with Crippen LogP contribution in [0.1, 0.15) is 16.2 Å². The highest BCUT2D eigenvalue weighted by molar-refractivity contribution is 7.98. The van der Waals surface area contributed by atoms with Crippen molar-refractivity contribution in [3.8, 4) is 17.1 Å². The van der Waals surface area contributed by atoms with Gasteiger partial charge >= 0.3 is 5.97 Å². The van der Waals surface area contributed by atoms with Crippen LogP contribution in [-0.2, 0) is 17.5 Å². The van der Waals surface area contributed by atoms with E-state index >= 15 is 0 Å². The van der Waals surface area contributed by atoms with E-state index in [0.29, 0.717) is 44.8 Å². The van der Waals surface area contributed by atoms with Gasteiger partial charge in [-0.1, -0.05) is 23.9 Å². The topological polar surface area (TPSA) is 112 Å². The van der Waals surface area contributed by atoms with Gasteiger partial charge in [-0.05, 0) is 30.3 Å². The quantitative estimate of drug-likeness (QED) is 0.362. The molecule has 4 rings (SSSR count). The lowest BCUT2D eigenvalue weighted by Crippen LogP contribution is -2.12. The number of fused-ring (bicyclic) bond motifs is 1. The second-order valence-electron chi connectivity index (χ2n) is 6.59. The standard InChI is InChI=1S/C21H19N5O4S/c1-26-18(14-6-4-5-7-16(14)29-2)24-25-21(26)31-11-17-22-15-10-12(20(28)30-3)8-9-13(15)19(27)23-17/h4-10H,11H2,1-3H3,(H,22,23,27). The van der Waals surface area contributed by atoms with Gasteiger partial charge in [0.1, 0.15) is 11.6 Å². The molecule has 2 heterocycles. The molecule has 4 aromatic rings. The Morgan fingerprint density at radius 2 is 1.97 bits per heavy atom. The maximum atomic E-state index is 12.4. The molecule has 0 amide bonds. The lowest BCUT2D eigenvalue weighted by Gasteiger charge is -2.08. The third-order valence-corrected chi connectivity index (χ3v) is 5.73. The number of para-hydroxylation sites is 1. The van der Waals surface area contributed by atoms with Gasteiger partial charge < -0.3 is 19.0 Å². The predicted octanol–water partition coefficient (Wildman–Crippen LogP) is 2.81. The van der Waals surface area contributed by atoms with Crippen LogP contribution < -0.4 is 10.3 Å². The Hall–Kier alpha value is -3.66. The smallest absolute Gasteiger partial charge is 0.337 e. The van der Waals surface area contributed by atoms with Crippen molar-refractivity contribution in [2.24, 2.45) is 7.05 Å². The lowest BCUT2D eigenvalue weighted by molar-refractivity contribution is 0.0601. The van der Waals surface area contributed by atoms with Gasteiger partial charge in [-0.3, -0.25) is 4.79 Å². The summed E-state index contributed by atoms with van der Waals surface area (Å²) in [6.07, 6.45) is 0. The number of methoxy groups -OCH3 is 2. The number of aromatic nitrogens is 5. The Morgan fingerprint density at radius 1 is 1.16 bits per heavy atom. The Balaban J connectivity index is 1.60. The van der Waals surface area contributed by atoms with Gasteiger partial charge in [0.2, 0.25) is 0 Å². The molecular formula is C21H19N5O4S. The van der Waals surface area contributed by atoms with E-state index in [0.717, 1.165) is 5.56 Å². The highest BCUT2D eigenvalue weighted by Crippen LogP contribution is 2.30. The highest BCUT2D eigenvalue weighted by atomic mass is 32.2. The van der Waals surface area contributed by atoms with Crippen LogP contribution in [0.3, 0.4) is 0 Å². The van der Waals surface area contributed by atoms with Crippen molar-refractivity contribution < 1.29 is 14.3 Å². The van der Waals surface area contributed by atoms with Gasteiger partial charge in [-0.25, -0.2) is 9.78 Å². The molecule has 2 aromatic carbocycles. The summed E-state index contributed by atoms with van der Waals surface area (Å²) in [6, 6.07) is 12.2. The van der Waals surface area contributed by atoms with Gasteiger partial charge in [0.05, 0.1) is 42.0 Å². The Kier molecular flexibility index (Phi) is 5.72. The fourth-order valence-corrected chi connectivity index (χ4v) is 3.92. The third kappa shape index (κ3) is 4.02. The molecule has 0 spiro atoms. The molecule has 0 saturated heterocycles. The first-order valence-corrected chi connectivity index (χ1v) is 10.3. The second kappa shape index (κ2) is 8.60. The SMILES string of the molecule is COC(=O)c1ccc2c(=O)[nH]c(CSc3nnc(-c4ccccc4OC)n3C)nc2c1. The summed E-state index contributed by atoms with van der Waals surface area (Å²) >= 11 is 1.39. The van der Waals surface area contributed by atoms with Gasteiger partial charge in [0.25, 0.3) is 5.56 Å². The molecule has 1 N–H and O–H groups in total. The van der Waals surface area contributed by atoms with Gasteiger partial charge in [-0.15, -0.1) is 10.2 Å². The summed E-state index contributed by atoms with van der Waals surface area (Å²) in [6.45, 7) is 0. The van der Waals surface area contributed by atoms with E-state index in [9.17, 15) is 9.59 Å². The first-order valence-electron chi connectivity index (χ1n) is 9.28. The van der Waals surface area contributed by atoms with Crippen molar-refractivity contribution >= 4 is 28.6 Å². The molecule has 0 bridgehead atoms. The van der Waals surface area contributed by atoms with E-state index in [1.807, 2.05) is 35.9 Å². The van der Waals surface area contributed by atoms with Crippen LogP contribution in [0.25, 0.3) is 22.3 Å². The van der Waals surface area contributed by atoms with Crippen LogP contribution in [0.15, 0.2) is 52.4 Å². The lowest BCUT2D eigenvalue weighted by atomic mass is 10.1. The van der Waals surface area contributed by atoms with Gasteiger partial charge in [0.15, 0.2) is 11.0 Å². The van der Waals surface area contributed by atoms with E-state index in [2.05, 4.69) is 20.2 Å². The molecule has 0 fully saturated rings. The van der Waals surface area contributed by atoms with Crippen molar-refractivity contribution in [2.75, 3.05) is 14.2 Å². The maximum Gasteiger partial charge on any atom is 0.337 e. The molecule has 10 heteroatoms. The number of nitrogens with zero attached hydrogens (tertiary/aromatic N) is 4. The number of ether oxygens (including phenoxy) is 2. The molecule has 0 unspecified atom stereocenters. The third-order valence-electron chi connectivity index (χ3n) is 4.70. The largest absolute Gasteiger partial charge is 0.496 e. The molecule has 0 aliphatic carbocycles. The Bertz CT molecular complexity index is 1330. The van der Waals surface area contributed by atoms with Gasteiger partial charge in [0, 0.05) is 7.05 Å². The number of benzene rings is 2. The van der Waals surface area contributed by atoms with Crippen LogP contribution in [0.4, 0.5) is 0 Å². The summed E-state index contributed by atoms with van der Waals surface area (Å²) < 4.78 is 12.0. The zero-order valence-electron chi connectivity index (χ0n) is 17.1. The predicted molar refractivity (Wildman–Crippen MR) is 116 cm³/mol. The molecule has 0 radical (unpaired) electrons. The molecule has 31 heavy (non-hydrogen) atoms. The van der Waals surface area contributed by atoms with Crippen LogP contribution in [-0.4, -0.2) is 44.9 Å². The summed E-state index contributed by atoms with van der Waals surface area (Å²) in [5.74, 6) is 1.72. The number of nitrogens with one attached hydrogen (secondary N) is 1. The zero-order valence-corrected chi connectivity index (χ0v) is 17.9. The molecule has 0 atom stereocenters. The first-order chi connectivity index (χ1) is 15.0. The average molecular weight is 437 g/mol. The summed E-state index contributed by atoms with van der Waals surface area (Å²) in [5, 5.41) is 9.60. The number of carbonyl (C=O) groups is 1. The van der Waals surface area contributed by atoms with E-state index < -0.39 is 5.97 Å². The monoisotopic (exact) mass is 437 g/mol. The number of rotatable bonds is 6. The van der Waals surface area contributed by atoms with E-state index in [-0.39, 0.29) is 5.56 Å². The normalized spacial score (nSPS) is 10.9. The van der Waals surface area contributed by atoms with Crippen molar-refractivity contribution in [1.82, 2.24) is 24.7 Å². The number of esters is 1. The van der Waals surface area contributed by atoms with Crippen LogP contribution in [0.2, 0.25) is 0 Å². The summed E-state index contributed by atoms with van der Waals surface area (Å²) in [5.41, 5.74) is 1.32. The fourth-order valence-electron chi connectivity index (χ4n) is 3.14. The van der Waals surface area contributed by atoms with Crippen LogP contribution in [0, 0.1) is 0 Å². The van der Waals surface area contributed by atoms with Crippen LogP contribution >= 0.6 is 11.8 Å². The zero-order chi connectivity index (χ0) is 22.0. The molecule has 158 valence electrons. The maximum absolute atomic E-state index is 12.4. The minimum atomic E-state index is -0.483. The van der Waals surface area contributed by atoms with Crippen LogP contribution in [0.5, 0.6) is 5.75 Å². The van der Waals surface area contributed by atoms with Gasteiger partial charge in [-0.2, -0.15) is 0 Å². The van der Waals surface area contributed by atoms with Crippen molar-refractivity contribution in [1.29, 1.82) is 0 Å². The minimum Gasteiger partial charge on any atom is -0.496 e. The molecule has 9 nitrogen and oxygen atoms in total. The van der Waals surface area contributed by atoms with Crippen molar-refractivity contribution in [3.05, 3.63) is 64.2 Å². The molecule has 0 aliphatic heterocycles. The van der Waals surface area contributed by atoms with Crippen molar-refractivity contribution in [2.45, 2.75) is 10.9 Å². The number of thioether (sulfide) groups is 1. The van der Waals surface area contributed by atoms with E-state index in [1.165, 1.54) is 18.9 Å². The molecular weight excluding hydrogens is 418 g/mol. The highest BCUT2D eigenvalue weighted by Gasteiger charge is 2.16. The Morgan fingerprint density at radius 3 is 2.74 bits per heavy atom. The number of hydrogen-bond acceptors (Lipinski definition) is 8. The first kappa shape index (κ1) is 20.6. The molecule has 0 saturated carbocycles. The average Bonchev–Trinajstić information content (AvgIpc) is 3.16.